The maximum atomic E-state index is 13.6. The van der Waals surface area contributed by atoms with Gasteiger partial charge in [0.25, 0.3) is 0 Å². The Morgan fingerprint density at radius 2 is 1.70 bits per heavy atom. The highest BCUT2D eigenvalue weighted by molar-refractivity contribution is 14.1. The van der Waals surface area contributed by atoms with Crippen LogP contribution in [0.25, 0.3) is 0 Å². The minimum Gasteiger partial charge on any atom is -0.465 e. The van der Waals surface area contributed by atoms with Crippen LogP contribution in [0.3, 0.4) is 0 Å². The van der Waals surface area contributed by atoms with Crippen LogP contribution in [0.5, 0.6) is 0 Å². The molecule has 50 heavy (non-hydrogen) atoms. The van der Waals surface area contributed by atoms with E-state index in [0.29, 0.717) is 35.4 Å². The lowest BCUT2D eigenvalue weighted by molar-refractivity contribution is -0.153. The molecule has 1 aliphatic carbocycles. The molecule has 11 atom stereocenters. The van der Waals surface area contributed by atoms with Crippen molar-refractivity contribution in [3.05, 3.63) is 42.5 Å². The lowest BCUT2D eigenvalue weighted by atomic mass is 9.65. The zero-order chi connectivity index (χ0) is 36.9. The maximum absolute atomic E-state index is 13.6. The first-order valence-electron chi connectivity index (χ1n) is 19.5. The Kier molecular flexibility index (Phi) is 15.0. The van der Waals surface area contributed by atoms with Crippen LogP contribution in [0.1, 0.15) is 120 Å². The monoisotopic (exact) mass is 826 g/mol. The van der Waals surface area contributed by atoms with Gasteiger partial charge >= 0.3 is 5.97 Å². The van der Waals surface area contributed by atoms with E-state index in [0.717, 1.165) is 55.8 Å². The zero-order valence-corrected chi connectivity index (χ0v) is 35.3. The molecule has 0 bridgehead atoms. The average molecular weight is 827 g/mol. The number of hydrogen-bond donors (Lipinski definition) is 0. The molecular formula is C42H67IO6S. The molecule has 2 heterocycles. The third kappa shape index (κ3) is 10.6. The molecule has 0 radical (unpaired) electrons. The summed E-state index contributed by atoms with van der Waals surface area (Å²) < 4.78 is 47.2. The number of benzene rings is 1. The van der Waals surface area contributed by atoms with Crippen molar-refractivity contribution in [3.8, 4) is 0 Å². The second-order valence-electron chi connectivity index (χ2n) is 17.6. The lowest BCUT2D eigenvalue weighted by Crippen LogP contribution is -2.39. The number of sulfone groups is 1. The van der Waals surface area contributed by atoms with Crippen LogP contribution in [-0.4, -0.2) is 55.6 Å². The summed E-state index contributed by atoms with van der Waals surface area (Å²) in [6, 6.07) is 8.91. The van der Waals surface area contributed by atoms with E-state index < -0.39 is 15.3 Å². The number of hydrogen-bond acceptors (Lipinski definition) is 6. The van der Waals surface area contributed by atoms with E-state index >= 15 is 0 Å². The molecule has 6 nitrogen and oxygen atoms in total. The number of carbonyl (C=O) groups excluding carboxylic acids is 1. The molecular weight excluding hydrogens is 759 g/mol. The molecule has 1 aromatic rings. The molecule has 0 N–H and O–H groups in total. The number of halogens is 1. The number of fused-ring (bicyclic) bond motifs is 1. The summed E-state index contributed by atoms with van der Waals surface area (Å²) >= 11 is 2.59. The van der Waals surface area contributed by atoms with E-state index in [1.807, 2.05) is 26.8 Å². The number of ether oxygens (including phenoxy) is 3. The lowest BCUT2D eigenvalue weighted by Gasteiger charge is -2.42. The largest absolute Gasteiger partial charge is 0.465 e. The number of rotatable bonds is 17. The summed E-state index contributed by atoms with van der Waals surface area (Å²) in [7, 11) is -3.43. The summed E-state index contributed by atoms with van der Waals surface area (Å²) in [5.41, 5.74) is 1.03. The Labute approximate surface area is 318 Å². The fourth-order valence-corrected chi connectivity index (χ4v) is 11.8. The van der Waals surface area contributed by atoms with Gasteiger partial charge in [0.2, 0.25) is 0 Å². The Morgan fingerprint density at radius 3 is 2.34 bits per heavy atom. The molecule has 0 amide bonds. The Hall–Kier alpha value is -0.970. The first kappa shape index (κ1) is 41.8. The van der Waals surface area contributed by atoms with Crippen molar-refractivity contribution in [1.82, 2.24) is 0 Å². The smallest absolute Gasteiger partial charge is 0.311 e. The van der Waals surface area contributed by atoms with Crippen molar-refractivity contribution in [2.75, 3.05) is 16.8 Å². The van der Waals surface area contributed by atoms with Crippen molar-refractivity contribution in [1.29, 1.82) is 0 Å². The summed E-state index contributed by atoms with van der Waals surface area (Å²) in [5.74, 6) is 1.94. The summed E-state index contributed by atoms with van der Waals surface area (Å²) in [4.78, 5) is 12.6. The first-order valence-corrected chi connectivity index (χ1v) is 22.7. The summed E-state index contributed by atoms with van der Waals surface area (Å²) in [6.07, 6.45) is 10.9. The zero-order valence-electron chi connectivity index (χ0n) is 32.3. The Bertz CT molecular complexity index is 1360. The predicted molar refractivity (Wildman–Crippen MR) is 212 cm³/mol. The molecule has 1 saturated carbocycles. The van der Waals surface area contributed by atoms with Crippen LogP contribution in [0.2, 0.25) is 0 Å². The average Bonchev–Trinajstić information content (AvgIpc) is 3.58. The summed E-state index contributed by atoms with van der Waals surface area (Å²) in [6.45, 7) is 22.1. The third-order valence-electron chi connectivity index (χ3n) is 12.5. The van der Waals surface area contributed by atoms with E-state index in [-0.39, 0.29) is 53.2 Å². The van der Waals surface area contributed by atoms with Crippen LogP contribution in [0, 0.1) is 46.3 Å². The molecule has 3 aliphatic rings. The highest BCUT2D eigenvalue weighted by Gasteiger charge is 2.51. The van der Waals surface area contributed by atoms with Gasteiger partial charge in [-0.05, 0) is 120 Å². The Balaban J connectivity index is 1.34. The van der Waals surface area contributed by atoms with Crippen LogP contribution >= 0.6 is 22.6 Å². The van der Waals surface area contributed by atoms with Gasteiger partial charge in [0.1, 0.15) is 0 Å². The van der Waals surface area contributed by atoms with E-state index in [4.69, 9.17) is 14.2 Å². The second kappa shape index (κ2) is 17.9. The van der Waals surface area contributed by atoms with E-state index in [2.05, 4.69) is 63.8 Å². The van der Waals surface area contributed by atoms with Crippen LogP contribution in [-0.2, 0) is 28.8 Å². The molecule has 8 heteroatoms. The standard InChI is InChI=1S/C42H67IO6S/c1-10-28(2)21-37-32(6)36(26-50(45,46)35-16-12-11-13-17-35)38(49-37)23-30(4)31(5)29(3)22-33-18-19-39-42(24-33,27-43)25-34(48-39)15-14-20-47-40(44)41(7,8)9/h11-13,16-17,28-30,32-34,36-39H,5,10,14-15,18-27H2,1-4,6-9H3/t28-,29-,30-,32-,33?,34+,36-,37-,38+,39+,42+/m1/s1. The van der Waals surface area contributed by atoms with Gasteiger partial charge < -0.3 is 14.2 Å². The number of carbonyl (C=O) groups is 1. The minimum absolute atomic E-state index is 0.0422. The normalized spacial score (nSPS) is 31.9. The number of allylic oxidation sites excluding steroid dienone is 1. The summed E-state index contributed by atoms with van der Waals surface area (Å²) in [5, 5.41) is 0. The van der Waals surface area contributed by atoms with Crippen molar-refractivity contribution in [2.24, 2.45) is 46.3 Å². The van der Waals surface area contributed by atoms with Gasteiger partial charge in [0.05, 0.1) is 47.1 Å². The van der Waals surface area contributed by atoms with Gasteiger partial charge in [0.15, 0.2) is 9.84 Å². The number of alkyl halides is 1. The van der Waals surface area contributed by atoms with Gasteiger partial charge in [-0.1, -0.05) is 94.0 Å². The van der Waals surface area contributed by atoms with Crippen molar-refractivity contribution in [3.63, 3.8) is 0 Å². The fraction of sp³-hybridized carbons (Fsp3) is 0.786. The van der Waals surface area contributed by atoms with Gasteiger partial charge in [-0.15, -0.1) is 0 Å². The molecule has 2 aliphatic heterocycles. The fourth-order valence-electron chi connectivity index (χ4n) is 8.92. The molecule has 2 saturated heterocycles. The van der Waals surface area contributed by atoms with Crippen LogP contribution in [0.15, 0.2) is 47.4 Å². The quantitative estimate of drug-likeness (QED) is 0.0512. The van der Waals surface area contributed by atoms with E-state index in [1.165, 1.54) is 18.4 Å². The SMILES string of the molecule is C=C([C@H](C)CC1CC[C@@H]2O[C@@H](CCCOC(=O)C(C)(C)C)C[C@]2(CI)C1)[C@H](C)C[C@@H]1O[C@H](C[C@H](C)CC)[C@H](C)[C@H]1CS(=O)(=O)c1ccccc1. The first-order chi connectivity index (χ1) is 23.5. The van der Waals surface area contributed by atoms with Gasteiger partial charge in [0, 0.05) is 15.8 Å². The number of esters is 1. The van der Waals surface area contributed by atoms with Gasteiger partial charge in [-0.2, -0.15) is 0 Å². The van der Waals surface area contributed by atoms with Crippen LogP contribution in [0.4, 0.5) is 0 Å². The highest BCUT2D eigenvalue weighted by Crippen LogP contribution is 2.53. The van der Waals surface area contributed by atoms with Crippen molar-refractivity contribution in [2.45, 2.75) is 149 Å². The predicted octanol–water partition coefficient (Wildman–Crippen LogP) is 10.3. The highest BCUT2D eigenvalue weighted by atomic mass is 127. The Morgan fingerprint density at radius 1 is 1.02 bits per heavy atom. The second-order valence-corrected chi connectivity index (χ2v) is 20.3. The van der Waals surface area contributed by atoms with E-state index in [9.17, 15) is 13.2 Å². The maximum Gasteiger partial charge on any atom is 0.311 e. The molecule has 0 aromatic heterocycles. The van der Waals surface area contributed by atoms with E-state index in [1.54, 1.807) is 24.3 Å². The molecule has 1 aromatic carbocycles. The van der Waals surface area contributed by atoms with Crippen molar-refractivity contribution < 1.29 is 27.4 Å². The minimum atomic E-state index is -3.43. The topological polar surface area (TPSA) is 78.9 Å². The molecule has 3 fully saturated rings. The van der Waals surface area contributed by atoms with Crippen molar-refractivity contribution >= 4 is 38.4 Å². The third-order valence-corrected chi connectivity index (χ3v) is 15.8. The molecule has 1 unspecified atom stereocenters. The molecule has 4 rings (SSSR count). The molecule has 284 valence electrons. The van der Waals surface area contributed by atoms with Gasteiger partial charge in [-0.25, -0.2) is 8.42 Å². The molecule has 0 spiro atoms. The van der Waals surface area contributed by atoms with Gasteiger partial charge in [-0.3, -0.25) is 4.79 Å². The van der Waals surface area contributed by atoms with Crippen LogP contribution < -0.4 is 0 Å².